The summed E-state index contributed by atoms with van der Waals surface area (Å²) in [6.45, 7) is 0. The molecule has 0 aliphatic heterocycles. The van der Waals surface area contributed by atoms with Gasteiger partial charge in [-0.25, -0.2) is 4.98 Å². The number of aromatic nitrogens is 2. The van der Waals surface area contributed by atoms with Crippen molar-refractivity contribution >= 4 is 17.7 Å². The molecule has 1 saturated carbocycles. The van der Waals surface area contributed by atoms with Crippen LogP contribution < -0.4 is 0 Å². The SMILES string of the molecule is CN(C)C(=O)c1cccc(CSc2nccn2C2CC2)c1. The Morgan fingerprint density at radius 3 is 2.95 bits per heavy atom. The van der Waals surface area contributed by atoms with E-state index in [1.807, 2.05) is 24.4 Å². The molecule has 2 aromatic rings. The van der Waals surface area contributed by atoms with E-state index in [1.54, 1.807) is 30.8 Å². The van der Waals surface area contributed by atoms with Gasteiger partial charge in [0.25, 0.3) is 5.91 Å². The Morgan fingerprint density at radius 2 is 2.24 bits per heavy atom. The third-order valence-corrected chi connectivity index (χ3v) is 4.57. The fraction of sp³-hybridized carbons (Fsp3) is 0.375. The van der Waals surface area contributed by atoms with E-state index in [1.165, 1.54) is 12.8 Å². The summed E-state index contributed by atoms with van der Waals surface area (Å²) in [5, 5.41) is 1.07. The molecule has 0 N–H and O–H groups in total. The summed E-state index contributed by atoms with van der Waals surface area (Å²) in [6, 6.07) is 8.49. The number of imidazole rings is 1. The molecule has 3 rings (SSSR count). The van der Waals surface area contributed by atoms with Gasteiger partial charge in [0.05, 0.1) is 0 Å². The van der Waals surface area contributed by atoms with E-state index < -0.39 is 0 Å². The van der Waals surface area contributed by atoms with Crippen LogP contribution >= 0.6 is 11.8 Å². The van der Waals surface area contributed by atoms with Crippen molar-refractivity contribution in [2.24, 2.45) is 0 Å². The summed E-state index contributed by atoms with van der Waals surface area (Å²) in [7, 11) is 3.55. The molecule has 0 radical (unpaired) electrons. The first-order chi connectivity index (χ1) is 10.1. The molecule has 0 saturated heterocycles. The average Bonchev–Trinajstić information content (AvgIpc) is 3.23. The minimum Gasteiger partial charge on any atom is -0.345 e. The molecule has 0 atom stereocenters. The molecule has 0 bridgehead atoms. The van der Waals surface area contributed by atoms with E-state index in [9.17, 15) is 4.79 Å². The third-order valence-electron chi connectivity index (χ3n) is 3.52. The molecule has 1 heterocycles. The van der Waals surface area contributed by atoms with Crippen molar-refractivity contribution in [2.45, 2.75) is 29.8 Å². The molecule has 21 heavy (non-hydrogen) atoms. The Morgan fingerprint density at radius 1 is 1.43 bits per heavy atom. The minimum absolute atomic E-state index is 0.0429. The lowest BCUT2D eigenvalue weighted by molar-refractivity contribution is 0.0827. The molecule has 1 amide bonds. The largest absolute Gasteiger partial charge is 0.345 e. The second-order valence-corrected chi connectivity index (χ2v) is 6.48. The van der Waals surface area contributed by atoms with Crippen LogP contribution in [0.3, 0.4) is 0 Å². The van der Waals surface area contributed by atoms with Gasteiger partial charge in [0, 0.05) is 43.8 Å². The Hall–Kier alpha value is -1.75. The lowest BCUT2D eigenvalue weighted by Gasteiger charge is -2.11. The standard InChI is InChI=1S/C16H19N3OS/c1-18(2)15(20)13-5-3-4-12(10-13)11-21-16-17-8-9-19(16)14-6-7-14/h3-5,8-10,14H,6-7,11H2,1-2H3. The first-order valence-corrected chi connectivity index (χ1v) is 8.10. The summed E-state index contributed by atoms with van der Waals surface area (Å²) in [5.41, 5.74) is 1.89. The van der Waals surface area contributed by atoms with Crippen LogP contribution in [0.1, 0.15) is 34.8 Å². The topological polar surface area (TPSA) is 38.1 Å². The van der Waals surface area contributed by atoms with Crippen molar-refractivity contribution in [1.82, 2.24) is 14.5 Å². The normalized spacial score (nSPS) is 14.2. The first-order valence-electron chi connectivity index (χ1n) is 7.11. The number of carbonyl (C=O) groups excluding carboxylic acids is 1. The molecule has 0 unspecified atom stereocenters. The van der Waals surface area contributed by atoms with Gasteiger partial charge in [0.1, 0.15) is 0 Å². The monoisotopic (exact) mass is 301 g/mol. The number of amides is 1. The van der Waals surface area contributed by atoms with Gasteiger partial charge in [-0.3, -0.25) is 4.79 Å². The average molecular weight is 301 g/mol. The first kappa shape index (κ1) is 14.2. The highest BCUT2D eigenvalue weighted by Crippen LogP contribution is 2.38. The molecule has 1 aromatic heterocycles. The molecule has 1 aliphatic carbocycles. The predicted molar refractivity (Wildman–Crippen MR) is 84.5 cm³/mol. The molecule has 5 heteroatoms. The number of thioether (sulfide) groups is 1. The van der Waals surface area contributed by atoms with Gasteiger partial charge in [-0.1, -0.05) is 23.9 Å². The number of hydrogen-bond donors (Lipinski definition) is 0. The quantitative estimate of drug-likeness (QED) is 0.796. The maximum atomic E-state index is 12.0. The van der Waals surface area contributed by atoms with Gasteiger partial charge in [-0.2, -0.15) is 0 Å². The van der Waals surface area contributed by atoms with E-state index in [4.69, 9.17) is 0 Å². The number of nitrogens with zero attached hydrogens (tertiary/aromatic N) is 3. The summed E-state index contributed by atoms with van der Waals surface area (Å²) >= 11 is 1.73. The molecule has 4 nitrogen and oxygen atoms in total. The zero-order valence-electron chi connectivity index (χ0n) is 12.3. The van der Waals surface area contributed by atoms with Crippen LogP contribution in [-0.4, -0.2) is 34.5 Å². The van der Waals surface area contributed by atoms with E-state index in [-0.39, 0.29) is 5.91 Å². The third kappa shape index (κ3) is 3.29. The van der Waals surface area contributed by atoms with Crippen LogP contribution in [0.25, 0.3) is 0 Å². The summed E-state index contributed by atoms with van der Waals surface area (Å²) in [6.07, 6.45) is 6.45. The fourth-order valence-electron chi connectivity index (χ4n) is 2.24. The second-order valence-electron chi connectivity index (χ2n) is 5.54. The Kier molecular flexibility index (Phi) is 4.01. The molecular weight excluding hydrogens is 282 g/mol. The smallest absolute Gasteiger partial charge is 0.253 e. The maximum absolute atomic E-state index is 12.0. The lowest BCUT2D eigenvalue weighted by Crippen LogP contribution is -2.21. The summed E-state index contributed by atoms with van der Waals surface area (Å²) in [5.74, 6) is 0.875. The van der Waals surface area contributed by atoms with Crippen molar-refractivity contribution in [3.63, 3.8) is 0 Å². The van der Waals surface area contributed by atoms with E-state index in [0.29, 0.717) is 6.04 Å². The molecule has 1 aromatic carbocycles. The zero-order valence-corrected chi connectivity index (χ0v) is 13.1. The van der Waals surface area contributed by atoms with Crippen molar-refractivity contribution in [1.29, 1.82) is 0 Å². The molecule has 1 aliphatic rings. The lowest BCUT2D eigenvalue weighted by atomic mass is 10.1. The van der Waals surface area contributed by atoms with Crippen LogP contribution in [0.15, 0.2) is 41.8 Å². The van der Waals surface area contributed by atoms with Crippen molar-refractivity contribution in [2.75, 3.05) is 14.1 Å². The van der Waals surface area contributed by atoms with E-state index in [0.717, 1.165) is 22.0 Å². The van der Waals surface area contributed by atoms with Crippen LogP contribution in [0.2, 0.25) is 0 Å². The van der Waals surface area contributed by atoms with Gasteiger partial charge in [0.15, 0.2) is 5.16 Å². The Labute approximate surface area is 129 Å². The summed E-state index contributed by atoms with van der Waals surface area (Å²) < 4.78 is 2.26. The van der Waals surface area contributed by atoms with Crippen LogP contribution in [0, 0.1) is 0 Å². The minimum atomic E-state index is 0.0429. The van der Waals surface area contributed by atoms with Crippen molar-refractivity contribution in [3.05, 3.63) is 47.8 Å². The van der Waals surface area contributed by atoms with E-state index >= 15 is 0 Å². The molecular formula is C16H19N3OS. The summed E-state index contributed by atoms with van der Waals surface area (Å²) in [4.78, 5) is 18.0. The van der Waals surface area contributed by atoms with Gasteiger partial charge < -0.3 is 9.47 Å². The van der Waals surface area contributed by atoms with E-state index in [2.05, 4.69) is 21.8 Å². The molecule has 1 fully saturated rings. The highest BCUT2D eigenvalue weighted by Gasteiger charge is 2.25. The Bertz CT molecular complexity index is 646. The number of carbonyl (C=O) groups is 1. The molecule has 110 valence electrons. The second kappa shape index (κ2) is 5.93. The van der Waals surface area contributed by atoms with Crippen LogP contribution in [0.4, 0.5) is 0 Å². The highest BCUT2D eigenvalue weighted by molar-refractivity contribution is 7.98. The van der Waals surface area contributed by atoms with Crippen LogP contribution in [0.5, 0.6) is 0 Å². The highest BCUT2D eigenvalue weighted by atomic mass is 32.2. The van der Waals surface area contributed by atoms with Gasteiger partial charge in [-0.05, 0) is 30.5 Å². The number of benzene rings is 1. The van der Waals surface area contributed by atoms with Crippen LogP contribution in [-0.2, 0) is 5.75 Å². The number of rotatable bonds is 5. The van der Waals surface area contributed by atoms with Gasteiger partial charge in [0.2, 0.25) is 0 Å². The van der Waals surface area contributed by atoms with Gasteiger partial charge >= 0.3 is 0 Å². The van der Waals surface area contributed by atoms with Crippen molar-refractivity contribution in [3.8, 4) is 0 Å². The maximum Gasteiger partial charge on any atom is 0.253 e. The molecule has 0 spiro atoms. The zero-order chi connectivity index (χ0) is 14.8. The van der Waals surface area contributed by atoms with Gasteiger partial charge in [-0.15, -0.1) is 0 Å². The van der Waals surface area contributed by atoms with Crippen molar-refractivity contribution < 1.29 is 4.79 Å². The fourth-order valence-corrected chi connectivity index (χ4v) is 3.21. The number of hydrogen-bond acceptors (Lipinski definition) is 3. The Balaban J connectivity index is 1.69. The predicted octanol–water partition coefficient (Wildman–Crippen LogP) is 3.21.